The summed E-state index contributed by atoms with van der Waals surface area (Å²) in [5, 5.41) is 2.75. The van der Waals surface area contributed by atoms with Gasteiger partial charge in [0.2, 0.25) is 5.91 Å². The first-order chi connectivity index (χ1) is 12.0. The molecule has 0 radical (unpaired) electrons. The molecule has 1 aromatic rings. The van der Waals surface area contributed by atoms with Crippen LogP contribution in [-0.2, 0) is 16.6 Å². The van der Waals surface area contributed by atoms with E-state index in [1.807, 2.05) is 34.8 Å². The summed E-state index contributed by atoms with van der Waals surface area (Å²) in [5.41, 5.74) is 0.379. The summed E-state index contributed by atoms with van der Waals surface area (Å²) in [6, 6.07) is 3.51. The highest BCUT2D eigenvalue weighted by molar-refractivity contribution is 5.93. The van der Waals surface area contributed by atoms with Crippen molar-refractivity contribution in [2.45, 2.75) is 24.5 Å². The minimum Gasteiger partial charge on any atom is -0.368 e. The molecule has 2 amide bonds. The van der Waals surface area contributed by atoms with Crippen LogP contribution in [-0.4, -0.2) is 77.7 Å². The van der Waals surface area contributed by atoms with Gasteiger partial charge in [0.25, 0.3) is 5.91 Å². The van der Waals surface area contributed by atoms with E-state index in [0.717, 1.165) is 13.1 Å². The van der Waals surface area contributed by atoms with Crippen LogP contribution < -0.4 is 5.32 Å². The smallest absolute Gasteiger partial charge is 0.270 e. The van der Waals surface area contributed by atoms with Gasteiger partial charge in [-0.1, -0.05) is 0 Å². The summed E-state index contributed by atoms with van der Waals surface area (Å²) in [4.78, 5) is 28.9. The van der Waals surface area contributed by atoms with Gasteiger partial charge in [0, 0.05) is 33.4 Å². The van der Waals surface area contributed by atoms with Crippen molar-refractivity contribution >= 4 is 11.8 Å². The summed E-state index contributed by atoms with van der Waals surface area (Å²) in [5.74, 6) is 0.777. The van der Waals surface area contributed by atoms with Crippen LogP contribution in [0, 0.1) is 5.92 Å². The molecule has 1 aliphatic carbocycles. The molecule has 0 bridgehead atoms. The number of nitrogens with zero attached hydrogens (tertiary/aromatic N) is 3. The largest absolute Gasteiger partial charge is 0.368 e. The molecule has 136 valence electrons. The molecule has 1 saturated carbocycles. The van der Waals surface area contributed by atoms with Crippen molar-refractivity contribution < 1.29 is 14.3 Å². The number of likely N-dealkylation sites (tertiary alicyclic amines) is 1. The summed E-state index contributed by atoms with van der Waals surface area (Å²) < 4.78 is 7.94. The van der Waals surface area contributed by atoms with Crippen molar-refractivity contribution in [3.63, 3.8) is 0 Å². The van der Waals surface area contributed by atoms with E-state index < -0.39 is 0 Å². The summed E-state index contributed by atoms with van der Waals surface area (Å²) in [6.45, 7) is 3.27. The van der Waals surface area contributed by atoms with Gasteiger partial charge in [0.15, 0.2) is 0 Å². The van der Waals surface area contributed by atoms with Gasteiger partial charge in [-0.2, -0.15) is 0 Å². The second-order valence-electron chi connectivity index (χ2n) is 7.66. The van der Waals surface area contributed by atoms with Crippen molar-refractivity contribution in [1.29, 1.82) is 0 Å². The van der Waals surface area contributed by atoms with Crippen LogP contribution in [0.2, 0.25) is 0 Å². The Morgan fingerprint density at radius 2 is 2.08 bits per heavy atom. The molecule has 2 aliphatic heterocycles. The van der Waals surface area contributed by atoms with Crippen molar-refractivity contribution in [2.75, 3.05) is 39.8 Å². The van der Waals surface area contributed by atoms with Crippen LogP contribution in [0.4, 0.5) is 0 Å². The van der Waals surface area contributed by atoms with Crippen LogP contribution in [0.5, 0.6) is 0 Å². The van der Waals surface area contributed by atoms with Gasteiger partial charge in [0.1, 0.15) is 17.3 Å². The number of nitrogens with one attached hydrogen (secondary N) is 1. The summed E-state index contributed by atoms with van der Waals surface area (Å²) in [6.07, 6.45) is 4.39. The third-order valence-corrected chi connectivity index (χ3v) is 5.63. The Balaban J connectivity index is 1.41. The van der Waals surface area contributed by atoms with Gasteiger partial charge in [-0.25, -0.2) is 0 Å². The number of rotatable bonds is 4. The second-order valence-corrected chi connectivity index (χ2v) is 7.66. The van der Waals surface area contributed by atoms with Crippen molar-refractivity contribution in [3.8, 4) is 0 Å². The standard InChI is InChI=1S/C18H26N4O3/c1-19-16(23)15-9-25-18(10-21(15)8-13-5-6-13)11-22(12-18)17(24)14-4-3-7-20(14)2/h3-4,7,13,15H,5-6,8-12H2,1-2H3,(H,19,23)/t15-/m0/s1. The number of aryl methyl sites for hydroxylation is 1. The average Bonchev–Trinajstić information content (AvgIpc) is 3.29. The molecule has 3 heterocycles. The fraction of sp³-hybridized carbons (Fsp3) is 0.667. The Bertz CT molecular complexity index is 676. The fourth-order valence-corrected chi connectivity index (χ4v) is 3.95. The van der Waals surface area contributed by atoms with E-state index in [-0.39, 0.29) is 23.5 Å². The predicted octanol–water partition coefficient (Wildman–Crippen LogP) is 0.0765. The third kappa shape index (κ3) is 3.06. The van der Waals surface area contributed by atoms with Crippen LogP contribution in [0.25, 0.3) is 0 Å². The zero-order valence-corrected chi connectivity index (χ0v) is 14.9. The Labute approximate surface area is 147 Å². The SMILES string of the molecule is CNC(=O)[C@@H]1COC2(CN(C(=O)c3cccn3C)C2)CN1CC1CC1. The maximum Gasteiger partial charge on any atom is 0.270 e. The molecule has 0 unspecified atom stereocenters. The van der Waals surface area contributed by atoms with E-state index in [2.05, 4.69) is 10.2 Å². The second kappa shape index (κ2) is 6.14. The minimum absolute atomic E-state index is 0.0200. The highest BCUT2D eigenvalue weighted by Crippen LogP contribution is 2.36. The normalized spacial score (nSPS) is 25.7. The van der Waals surface area contributed by atoms with Gasteiger partial charge in [-0.3, -0.25) is 14.5 Å². The molecule has 2 saturated heterocycles. The molecule has 1 spiro atoms. The van der Waals surface area contributed by atoms with Crippen LogP contribution in [0.1, 0.15) is 23.3 Å². The fourth-order valence-electron chi connectivity index (χ4n) is 3.95. The first-order valence-electron chi connectivity index (χ1n) is 9.01. The Morgan fingerprint density at radius 3 is 2.68 bits per heavy atom. The molecule has 7 nitrogen and oxygen atoms in total. The molecular formula is C18H26N4O3. The number of carbonyl (C=O) groups is 2. The van der Waals surface area contributed by atoms with Gasteiger partial charge in [-0.05, 0) is 30.9 Å². The number of carbonyl (C=O) groups excluding carboxylic acids is 2. The van der Waals surface area contributed by atoms with Gasteiger partial charge in [-0.15, -0.1) is 0 Å². The average molecular weight is 346 g/mol. The molecule has 7 heteroatoms. The quantitative estimate of drug-likeness (QED) is 0.838. The molecule has 0 aromatic carbocycles. The van der Waals surface area contributed by atoms with Crippen LogP contribution in [0.15, 0.2) is 18.3 Å². The number of likely N-dealkylation sites (N-methyl/N-ethyl adjacent to an activating group) is 1. The maximum absolute atomic E-state index is 12.6. The lowest BCUT2D eigenvalue weighted by molar-refractivity contribution is -0.191. The predicted molar refractivity (Wildman–Crippen MR) is 92.2 cm³/mol. The number of amides is 2. The molecule has 1 N–H and O–H groups in total. The molecule has 1 atom stereocenters. The topological polar surface area (TPSA) is 66.8 Å². The zero-order valence-electron chi connectivity index (χ0n) is 14.9. The van der Waals surface area contributed by atoms with Gasteiger partial charge >= 0.3 is 0 Å². The van der Waals surface area contributed by atoms with E-state index in [9.17, 15) is 9.59 Å². The van der Waals surface area contributed by atoms with Crippen molar-refractivity contribution in [2.24, 2.45) is 13.0 Å². The van der Waals surface area contributed by atoms with Crippen LogP contribution >= 0.6 is 0 Å². The van der Waals surface area contributed by atoms with Gasteiger partial charge in [0.05, 0.1) is 19.7 Å². The maximum atomic E-state index is 12.6. The number of hydrogen-bond acceptors (Lipinski definition) is 4. The zero-order chi connectivity index (χ0) is 17.6. The first-order valence-corrected chi connectivity index (χ1v) is 9.01. The highest BCUT2D eigenvalue weighted by atomic mass is 16.5. The lowest BCUT2D eigenvalue weighted by Crippen LogP contribution is -2.73. The third-order valence-electron chi connectivity index (χ3n) is 5.63. The molecule has 1 aromatic heterocycles. The number of hydrogen-bond donors (Lipinski definition) is 1. The molecule has 4 rings (SSSR count). The van der Waals surface area contributed by atoms with Crippen LogP contribution in [0.3, 0.4) is 0 Å². The summed E-state index contributed by atoms with van der Waals surface area (Å²) in [7, 11) is 3.55. The van der Waals surface area contributed by atoms with E-state index >= 15 is 0 Å². The molecule has 3 aliphatic rings. The number of morpholine rings is 1. The molecule has 3 fully saturated rings. The van der Waals surface area contributed by atoms with E-state index in [4.69, 9.17) is 4.74 Å². The molecule has 25 heavy (non-hydrogen) atoms. The van der Waals surface area contributed by atoms with E-state index in [1.165, 1.54) is 12.8 Å². The monoisotopic (exact) mass is 346 g/mol. The Kier molecular flexibility index (Phi) is 4.08. The Hall–Kier alpha value is -1.86. The highest BCUT2D eigenvalue weighted by Gasteiger charge is 2.52. The minimum atomic E-state index is -0.319. The Morgan fingerprint density at radius 1 is 1.32 bits per heavy atom. The number of aromatic nitrogens is 1. The summed E-state index contributed by atoms with van der Waals surface area (Å²) >= 11 is 0. The van der Waals surface area contributed by atoms with Gasteiger partial charge < -0.3 is 19.5 Å². The lowest BCUT2D eigenvalue weighted by atomic mass is 9.89. The number of ether oxygens (including phenoxy) is 1. The lowest BCUT2D eigenvalue weighted by Gasteiger charge is -2.55. The van der Waals surface area contributed by atoms with Crippen molar-refractivity contribution in [1.82, 2.24) is 19.7 Å². The van der Waals surface area contributed by atoms with E-state index in [1.54, 1.807) is 7.05 Å². The van der Waals surface area contributed by atoms with Crippen molar-refractivity contribution in [3.05, 3.63) is 24.0 Å². The first kappa shape index (κ1) is 16.6. The van der Waals surface area contributed by atoms with E-state index in [0.29, 0.717) is 31.3 Å². The molecular weight excluding hydrogens is 320 g/mol.